The fourth-order valence-corrected chi connectivity index (χ4v) is 1.36. The van der Waals surface area contributed by atoms with Gasteiger partial charge in [0.1, 0.15) is 0 Å². The molecular weight excluding hydrogens is 182 g/mol. The van der Waals surface area contributed by atoms with E-state index in [2.05, 4.69) is 13.8 Å². The van der Waals surface area contributed by atoms with Crippen molar-refractivity contribution in [3.8, 4) is 0 Å². The SMILES string of the molecule is CC(C)CCCC(C)N(N)C(N)=S. The predicted molar refractivity (Wildman–Crippen MR) is 61.0 cm³/mol. The van der Waals surface area contributed by atoms with E-state index in [1.54, 1.807) is 0 Å². The van der Waals surface area contributed by atoms with Crippen molar-refractivity contribution in [2.75, 3.05) is 0 Å². The average molecular weight is 203 g/mol. The molecule has 0 aromatic rings. The van der Waals surface area contributed by atoms with E-state index < -0.39 is 0 Å². The van der Waals surface area contributed by atoms with E-state index in [1.807, 2.05) is 6.92 Å². The zero-order valence-corrected chi connectivity index (χ0v) is 9.60. The molecule has 0 heterocycles. The van der Waals surface area contributed by atoms with Crippen LogP contribution < -0.4 is 11.6 Å². The first-order valence-electron chi connectivity index (χ1n) is 4.78. The Bertz CT molecular complexity index is 159. The van der Waals surface area contributed by atoms with E-state index in [0.717, 1.165) is 12.3 Å². The summed E-state index contributed by atoms with van der Waals surface area (Å²) in [7, 11) is 0. The first-order valence-corrected chi connectivity index (χ1v) is 5.19. The molecule has 0 aromatic heterocycles. The second-order valence-electron chi connectivity index (χ2n) is 3.92. The topological polar surface area (TPSA) is 55.3 Å². The van der Waals surface area contributed by atoms with E-state index in [-0.39, 0.29) is 11.2 Å². The Morgan fingerprint density at radius 2 is 1.85 bits per heavy atom. The van der Waals surface area contributed by atoms with E-state index in [1.165, 1.54) is 17.9 Å². The van der Waals surface area contributed by atoms with Gasteiger partial charge >= 0.3 is 0 Å². The number of hydrogen-bond donors (Lipinski definition) is 2. The molecule has 0 aromatic carbocycles. The lowest BCUT2D eigenvalue weighted by molar-refractivity contribution is 0.313. The average Bonchev–Trinajstić information content (AvgIpc) is 2.02. The Kier molecular flexibility index (Phi) is 5.99. The minimum atomic E-state index is 0.247. The first kappa shape index (κ1) is 12.7. The van der Waals surface area contributed by atoms with Gasteiger partial charge in [-0.25, -0.2) is 5.84 Å². The summed E-state index contributed by atoms with van der Waals surface area (Å²) in [5, 5.41) is 1.74. The molecule has 0 amide bonds. The highest BCUT2D eigenvalue weighted by Crippen LogP contribution is 2.10. The van der Waals surface area contributed by atoms with E-state index in [4.69, 9.17) is 23.8 Å². The molecule has 0 fully saturated rings. The number of nitrogens with two attached hydrogens (primary N) is 2. The number of hydrazine groups is 1. The van der Waals surface area contributed by atoms with Crippen LogP contribution in [0.2, 0.25) is 0 Å². The Balaban J connectivity index is 3.61. The second-order valence-corrected chi connectivity index (χ2v) is 4.34. The van der Waals surface area contributed by atoms with E-state index >= 15 is 0 Å². The first-order chi connectivity index (χ1) is 5.95. The zero-order chi connectivity index (χ0) is 10.4. The van der Waals surface area contributed by atoms with Gasteiger partial charge in [0.2, 0.25) is 0 Å². The van der Waals surface area contributed by atoms with Gasteiger partial charge in [0.25, 0.3) is 0 Å². The molecule has 13 heavy (non-hydrogen) atoms. The molecule has 3 nitrogen and oxygen atoms in total. The van der Waals surface area contributed by atoms with Crippen LogP contribution in [0.5, 0.6) is 0 Å². The van der Waals surface area contributed by atoms with Gasteiger partial charge < -0.3 is 5.73 Å². The molecule has 0 aliphatic heterocycles. The molecule has 4 heteroatoms. The molecule has 4 N–H and O–H groups in total. The molecule has 0 saturated carbocycles. The maximum Gasteiger partial charge on any atom is 0.180 e. The summed E-state index contributed by atoms with van der Waals surface area (Å²) in [6.07, 6.45) is 3.46. The maximum absolute atomic E-state index is 5.64. The Labute approximate surface area is 86.4 Å². The van der Waals surface area contributed by atoms with Gasteiger partial charge in [0, 0.05) is 6.04 Å². The minimum absolute atomic E-state index is 0.247. The minimum Gasteiger partial charge on any atom is -0.375 e. The zero-order valence-electron chi connectivity index (χ0n) is 8.79. The molecular formula is C9H21N3S. The van der Waals surface area contributed by atoms with Gasteiger partial charge in [-0.2, -0.15) is 0 Å². The van der Waals surface area contributed by atoms with Gasteiger partial charge in [-0.3, -0.25) is 5.01 Å². The van der Waals surface area contributed by atoms with Crippen LogP contribution in [0, 0.1) is 5.92 Å². The van der Waals surface area contributed by atoms with Crippen molar-refractivity contribution in [2.24, 2.45) is 17.5 Å². The molecule has 0 aliphatic carbocycles. The van der Waals surface area contributed by atoms with Crippen molar-refractivity contribution in [1.29, 1.82) is 0 Å². The van der Waals surface area contributed by atoms with Crippen LogP contribution in [0.15, 0.2) is 0 Å². The van der Waals surface area contributed by atoms with Crippen LogP contribution in [0.1, 0.15) is 40.0 Å². The molecule has 0 rings (SSSR count). The van der Waals surface area contributed by atoms with Crippen molar-refractivity contribution in [2.45, 2.75) is 46.1 Å². The Morgan fingerprint density at radius 3 is 2.23 bits per heavy atom. The fraction of sp³-hybridized carbons (Fsp3) is 0.889. The van der Waals surface area contributed by atoms with Crippen molar-refractivity contribution < 1.29 is 0 Å². The normalized spacial score (nSPS) is 13.0. The van der Waals surface area contributed by atoms with Gasteiger partial charge in [-0.15, -0.1) is 0 Å². The quantitative estimate of drug-likeness (QED) is 0.405. The smallest absolute Gasteiger partial charge is 0.180 e. The maximum atomic E-state index is 5.64. The van der Waals surface area contributed by atoms with E-state index in [0.29, 0.717) is 0 Å². The van der Waals surface area contributed by atoms with Crippen LogP contribution in [0.25, 0.3) is 0 Å². The predicted octanol–water partition coefficient (Wildman–Crippen LogP) is 1.62. The van der Waals surface area contributed by atoms with Crippen LogP contribution >= 0.6 is 12.2 Å². The van der Waals surface area contributed by atoms with Crippen LogP contribution in [0.4, 0.5) is 0 Å². The Hall–Kier alpha value is -0.350. The van der Waals surface area contributed by atoms with Gasteiger partial charge in [-0.1, -0.05) is 26.7 Å². The summed E-state index contributed by atoms with van der Waals surface area (Å²) in [5.41, 5.74) is 5.40. The number of rotatable bonds is 5. The van der Waals surface area contributed by atoms with E-state index in [9.17, 15) is 0 Å². The highest BCUT2D eigenvalue weighted by Gasteiger charge is 2.10. The lowest BCUT2D eigenvalue weighted by atomic mass is 10.0. The third kappa shape index (κ3) is 5.82. The molecule has 0 bridgehead atoms. The molecule has 78 valence electrons. The highest BCUT2D eigenvalue weighted by molar-refractivity contribution is 7.80. The van der Waals surface area contributed by atoms with Crippen molar-refractivity contribution >= 4 is 17.3 Å². The molecule has 0 saturated heterocycles. The van der Waals surface area contributed by atoms with Crippen molar-refractivity contribution in [3.05, 3.63) is 0 Å². The number of hydrogen-bond acceptors (Lipinski definition) is 2. The third-order valence-electron chi connectivity index (χ3n) is 2.13. The van der Waals surface area contributed by atoms with Crippen LogP contribution in [0.3, 0.4) is 0 Å². The molecule has 0 radical (unpaired) electrons. The summed E-state index contributed by atoms with van der Waals surface area (Å²) in [5.74, 6) is 6.40. The van der Waals surface area contributed by atoms with Gasteiger partial charge in [0.15, 0.2) is 5.11 Å². The number of nitrogens with zero attached hydrogens (tertiary/aromatic N) is 1. The highest BCUT2D eigenvalue weighted by atomic mass is 32.1. The molecule has 0 aliphatic rings. The summed E-state index contributed by atoms with van der Waals surface area (Å²) in [6, 6.07) is 0.247. The van der Waals surface area contributed by atoms with Gasteiger partial charge in [0.05, 0.1) is 0 Å². The van der Waals surface area contributed by atoms with Crippen LogP contribution in [-0.4, -0.2) is 16.2 Å². The number of thiocarbonyl (C=S) groups is 1. The van der Waals surface area contributed by atoms with Crippen molar-refractivity contribution in [3.63, 3.8) is 0 Å². The standard InChI is InChI=1S/C9H21N3S/c1-7(2)5-4-6-8(3)12(11)9(10)13/h7-8H,4-6,11H2,1-3H3,(H2,10,13). The van der Waals surface area contributed by atoms with Crippen LogP contribution in [-0.2, 0) is 0 Å². The van der Waals surface area contributed by atoms with Gasteiger partial charge in [-0.05, 0) is 31.5 Å². The lowest BCUT2D eigenvalue weighted by Gasteiger charge is -2.24. The molecule has 1 atom stereocenters. The van der Waals surface area contributed by atoms with Crippen molar-refractivity contribution in [1.82, 2.24) is 5.01 Å². The molecule has 0 spiro atoms. The lowest BCUT2D eigenvalue weighted by Crippen LogP contribution is -2.47. The molecule has 1 unspecified atom stereocenters. The fourth-order valence-electron chi connectivity index (χ4n) is 1.18. The summed E-state index contributed by atoms with van der Waals surface area (Å²) < 4.78 is 0. The second kappa shape index (κ2) is 6.16. The summed E-state index contributed by atoms with van der Waals surface area (Å²) >= 11 is 4.78. The largest absolute Gasteiger partial charge is 0.375 e. The summed E-state index contributed by atoms with van der Waals surface area (Å²) in [4.78, 5) is 0. The monoisotopic (exact) mass is 203 g/mol. The third-order valence-corrected chi connectivity index (χ3v) is 2.34. The summed E-state index contributed by atoms with van der Waals surface area (Å²) in [6.45, 7) is 6.48. The Morgan fingerprint density at radius 1 is 1.31 bits per heavy atom.